The summed E-state index contributed by atoms with van der Waals surface area (Å²) in [4.78, 5) is 0. The molecule has 0 spiro atoms. The van der Waals surface area contributed by atoms with Crippen LogP contribution in [0.1, 0.15) is 95.4 Å². The van der Waals surface area contributed by atoms with Crippen LogP contribution in [0.4, 0.5) is 0 Å². The van der Waals surface area contributed by atoms with E-state index in [-0.39, 0.29) is 16.2 Å². The second kappa shape index (κ2) is 6.41. The van der Waals surface area contributed by atoms with E-state index in [0.29, 0.717) is 11.3 Å². The summed E-state index contributed by atoms with van der Waals surface area (Å²) in [5, 5.41) is 0. The van der Waals surface area contributed by atoms with Gasteiger partial charge in [-0.3, -0.25) is 0 Å². The molecule has 1 aliphatic rings. The molecule has 0 aliphatic heterocycles. The molecule has 0 bridgehead atoms. The summed E-state index contributed by atoms with van der Waals surface area (Å²) in [6, 6.07) is 0. The van der Waals surface area contributed by atoms with Gasteiger partial charge in [0.05, 0.1) is 0 Å². The Bertz CT molecular complexity index is 468. The van der Waals surface area contributed by atoms with Crippen molar-refractivity contribution >= 4 is 0 Å². The van der Waals surface area contributed by atoms with Crippen LogP contribution in [-0.2, 0) is 0 Å². The first-order chi connectivity index (χ1) is 10.1. The molecule has 0 N–H and O–H groups in total. The molecule has 0 heterocycles. The van der Waals surface area contributed by atoms with Crippen molar-refractivity contribution in [3.05, 3.63) is 23.3 Å². The summed E-state index contributed by atoms with van der Waals surface area (Å²) in [5.41, 5.74) is 4.39. The van der Waals surface area contributed by atoms with E-state index in [4.69, 9.17) is 0 Å². The number of hydrogen-bond donors (Lipinski definition) is 0. The molecule has 134 valence electrons. The van der Waals surface area contributed by atoms with Crippen molar-refractivity contribution in [2.24, 2.45) is 27.6 Å². The van der Waals surface area contributed by atoms with Crippen LogP contribution in [0.15, 0.2) is 23.3 Å². The van der Waals surface area contributed by atoms with E-state index >= 15 is 0 Å². The Morgan fingerprint density at radius 2 is 1.52 bits per heavy atom. The molecule has 0 aromatic heterocycles. The van der Waals surface area contributed by atoms with Crippen LogP contribution in [0.5, 0.6) is 0 Å². The summed E-state index contributed by atoms with van der Waals surface area (Å²) in [5.74, 6) is 0.685. The van der Waals surface area contributed by atoms with E-state index in [1.54, 1.807) is 5.57 Å². The Balaban J connectivity index is 3.40. The summed E-state index contributed by atoms with van der Waals surface area (Å²) in [7, 11) is 0. The smallest absolute Gasteiger partial charge is 0.00273 e. The average Bonchev–Trinajstić information content (AvgIpc) is 2.32. The first-order valence-electron chi connectivity index (χ1n) is 9.54. The predicted octanol–water partition coefficient (Wildman–Crippen LogP) is 7.80. The molecule has 23 heavy (non-hydrogen) atoms. The zero-order chi connectivity index (χ0) is 18.3. The lowest BCUT2D eigenvalue weighted by Gasteiger charge is -2.49. The number of allylic oxidation sites excluding steroid dienone is 4. The molecular formula is C23H42. The van der Waals surface area contributed by atoms with Gasteiger partial charge < -0.3 is 0 Å². The van der Waals surface area contributed by atoms with Gasteiger partial charge in [0, 0.05) is 0 Å². The monoisotopic (exact) mass is 318 g/mol. The average molecular weight is 319 g/mol. The fourth-order valence-electron chi connectivity index (χ4n) is 3.86. The second-order valence-corrected chi connectivity index (χ2v) is 11.2. The minimum absolute atomic E-state index is 0.241. The van der Waals surface area contributed by atoms with Crippen LogP contribution in [0.2, 0.25) is 0 Å². The molecular weight excluding hydrogens is 276 g/mol. The molecule has 2 atom stereocenters. The van der Waals surface area contributed by atoms with Gasteiger partial charge in [-0.05, 0) is 52.4 Å². The van der Waals surface area contributed by atoms with E-state index in [1.165, 1.54) is 24.8 Å². The highest BCUT2D eigenvalue weighted by Crippen LogP contribution is 2.55. The zero-order valence-corrected chi connectivity index (χ0v) is 17.9. The summed E-state index contributed by atoms with van der Waals surface area (Å²) < 4.78 is 0. The Labute approximate surface area is 146 Å². The maximum absolute atomic E-state index is 2.58. The molecule has 0 radical (unpaired) electrons. The fourth-order valence-corrected chi connectivity index (χ4v) is 3.86. The van der Waals surface area contributed by atoms with Crippen molar-refractivity contribution < 1.29 is 0 Å². The lowest BCUT2D eigenvalue weighted by Crippen LogP contribution is -2.39. The van der Waals surface area contributed by atoms with Gasteiger partial charge in [-0.25, -0.2) is 0 Å². The Hall–Kier alpha value is -0.520. The third-order valence-electron chi connectivity index (χ3n) is 5.99. The Morgan fingerprint density at radius 1 is 1.00 bits per heavy atom. The van der Waals surface area contributed by atoms with Gasteiger partial charge in [0.25, 0.3) is 0 Å². The van der Waals surface area contributed by atoms with Crippen LogP contribution in [0, 0.1) is 27.6 Å². The topological polar surface area (TPSA) is 0 Å². The summed E-state index contributed by atoms with van der Waals surface area (Å²) in [6.07, 6.45) is 8.79. The van der Waals surface area contributed by atoms with Gasteiger partial charge in [-0.15, -0.1) is 0 Å². The highest BCUT2D eigenvalue weighted by atomic mass is 14.5. The molecule has 0 aromatic rings. The molecule has 0 amide bonds. The van der Waals surface area contributed by atoms with Crippen LogP contribution < -0.4 is 0 Å². The highest BCUT2D eigenvalue weighted by Gasteiger charge is 2.44. The molecule has 0 nitrogen and oxygen atoms in total. The van der Waals surface area contributed by atoms with Gasteiger partial charge in [-0.2, -0.15) is 0 Å². The number of hydrogen-bond acceptors (Lipinski definition) is 0. The summed E-state index contributed by atoms with van der Waals surface area (Å²) >= 11 is 0. The maximum Gasteiger partial charge on any atom is -0.00273 e. The highest BCUT2D eigenvalue weighted by molar-refractivity contribution is 5.38. The molecule has 1 rings (SSSR count). The van der Waals surface area contributed by atoms with Crippen molar-refractivity contribution in [2.75, 3.05) is 0 Å². The van der Waals surface area contributed by atoms with Crippen molar-refractivity contribution in [1.82, 2.24) is 0 Å². The van der Waals surface area contributed by atoms with E-state index in [1.807, 2.05) is 0 Å². The van der Waals surface area contributed by atoms with Gasteiger partial charge in [0.1, 0.15) is 0 Å². The lowest BCUT2D eigenvalue weighted by molar-refractivity contribution is 0.127. The van der Waals surface area contributed by atoms with Crippen molar-refractivity contribution in [1.29, 1.82) is 0 Å². The molecule has 2 unspecified atom stereocenters. The van der Waals surface area contributed by atoms with E-state index < -0.39 is 0 Å². The van der Waals surface area contributed by atoms with Crippen molar-refractivity contribution in [3.63, 3.8) is 0 Å². The Morgan fingerprint density at radius 3 is 1.87 bits per heavy atom. The largest absolute Gasteiger partial charge is 0.0799 e. The SMILES string of the molecule is CCC(CC(C)(C)C)C1=CC(C(C)(C)C)=CCC1(C)C(C)(C)C. The van der Waals surface area contributed by atoms with Crippen LogP contribution in [0.3, 0.4) is 0 Å². The van der Waals surface area contributed by atoms with E-state index in [2.05, 4.69) is 88.3 Å². The third kappa shape index (κ3) is 4.74. The maximum atomic E-state index is 2.58. The molecule has 1 aliphatic carbocycles. The molecule has 0 fully saturated rings. The standard InChI is InChI=1S/C23H42/c1-12-17(16-20(2,3)4)19-15-18(21(5,6)7)13-14-23(19,11)22(8,9)10/h13,15,17H,12,14,16H2,1-11H3. The van der Waals surface area contributed by atoms with Gasteiger partial charge in [-0.1, -0.05) is 93.9 Å². The van der Waals surface area contributed by atoms with Crippen LogP contribution in [0.25, 0.3) is 0 Å². The Kier molecular flexibility index (Phi) is 5.72. The quantitative estimate of drug-likeness (QED) is 0.498. The van der Waals surface area contributed by atoms with Crippen molar-refractivity contribution in [2.45, 2.75) is 95.4 Å². The van der Waals surface area contributed by atoms with Crippen LogP contribution in [-0.4, -0.2) is 0 Å². The minimum atomic E-state index is 0.241. The molecule has 0 saturated carbocycles. The van der Waals surface area contributed by atoms with Crippen molar-refractivity contribution in [3.8, 4) is 0 Å². The first-order valence-corrected chi connectivity index (χ1v) is 9.54. The molecule has 0 saturated heterocycles. The number of rotatable bonds is 3. The normalized spacial score (nSPS) is 25.0. The molecule has 0 aromatic carbocycles. The predicted molar refractivity (Wildman–Crippen MR) is 106 cm³/mol. The van der Waals surface area contributed by atoms with Crippen LogP contribution >= 0.6 is 0 Å². The van der Waals surface area contributed by atoms with E-state index in [0.717, 1.165) is 0 Å². The molecule has 0 heteroatoms. The second-order valence-electron chi connectivity index (χ2n) is 11.2. The summed E-state index contributed by atoms with van der Waals surface area (Å²) in [6.45, 7) is 26.3. The minimum Gasteiger partial charge on any atom is -0.0799 e. The van der Waals surface area contributed by atoms with E-state index in [9.17, 15) is 0 Å². The first kappa shape index (κ1) is 20.5. The van der Waals surface area contributed by atoms with Gasteiger partial charge >= 0.3 is 0 Å². The van der Waals surface area contributed by atoms with Gasteiger partial charge in [0.2, 0.25) is 0 Å². The fraction of sp³-hybridized carbons (Fsp3) is 0.826. The lowest BCUT2D eigenvalue weighted by atomic mass is 9.55. The third-order valence-corrected chi connectivity index (χ3v) is 5.99. The zero-order valence-electron chi connectivity index (χ0n) is 17.9. The van der Waals surface area contributed by atoms with Gasteiger partial charge in [0.15, 0.2) is 0 Å².